The molecular formula is C18H18BrN3O4S2. The zero-order chi connectivity index (χ0) is 19.9. The van der Waals surface area contributed by atoms with Crippen molar-refractivity contribution in [3.8, 4) is 5.75 Å². The van der Waals surface area contributed by atoms with Gasteiger partial charge in [0.2, 0.25) is 0 Å². The summed E-state index contributed by atoms with van der Waals surface area (Å²) >= 11 is 4.49. The predicted octanol–water partition coefficient (Wildman–Crippen LogP) is 3.15. The number of hydrogen-bond acceptors (Lipinski definition) is 5. The molecule has 0 spiro atoms. The highest BCUT2D eigenvalue weighted by molar-refractivity contribution is 9.11. The number of nitrogens with zero attached hydrogens (tertiary/aromatic N) is 2. The number of amides is 1. The first-order valence-corrected chi connectivity index (χ1v) is 11.6. The van der Waals surface area contributed by atoms with Gasteiger partial charge in [0.25, 0.3) is 15.9 Å². The number of H-pyrrole nitrogens is 1. The summed E-state index contributed by atoms with van der Waals surface area (Å²) in [6, 6.07) is 10.7. The molecule has 28 heavy (non-hydrogen) atoms. The molecule has 4 rings (SSSR count). The van der Waals surface area contributed by atoms with Crippen LogP contribution in [0.1, 0.15) is 10.5 Å². The average Bonchev–Trinajstić information content (AvgIpc) is 3.33. The number of nitrogens with one attached hydrogen (secondary N) is 1. The highest BCUT2D eigenvalue weighted by Crippen LogP contribution is 2.29. The largest absolute Gasteiger partial charge is 0.497 e. The molecule has 3 heterocycles. The van der Waals surface area contributed by atoms with Crippen LogP contribution in [0.2, 0.25) is 0 Å². The third-order valence-corrected chi connectivity index (χ3v) is 8.72. The number of methoxy groups -OCH3 is 1. The maximum absolute atomic E-state index is 12.8. The number of halogens is 1. The Morgan fingerprint density at radius 1 is 1.14 bits per heavy atom. The molecule has 1 aromatic carbocycles. The fraction of sp³-hybridized carbons (Fsp3) is 0.278. The van der Waals surface area contributed by atoms with Gasteiger partial charge in [0.1, 0.15) is 15.7 Å². The fourth-order valence-electron chi connectivity index (χ4n) is 3.21. The summed E-state index contributed by atoms with van der Waals surface area (Å²) in [6.07, 6.45) is 0. The number of carbonyl (C=O) groups excluding carboxylic acids is 1. The van der Waals surface area contributed by atoms with Crippen LogP contribution in [0, 0.1) is 0 Å². The van der Waals surface area contributed by atoms with Crippen molar-refractivity contribution in [1.82, 2.24) is 14.2 Å². The number of hydrogen-bond donors (Lipinski definition) is 1. The quantitative estimate of drug-likeness (QED) is 0.617. The second-order valence-corrected chi connectivity index (χ2v) is 11.0. The van der Waals surface area contributed by atoms with Gasteiger partial charge in [0, 0.05) is 43.1 Å². The number of benzene rings is 1. The van der Waals surface area contributed by atoms with Gasteiger partial charge in [-0.1, -0.05) is 0 Å². The number of aromatic nitrogens is 1. The molecule has 1 N–H and O–H groups in total. The van der Waals surface area contributed by atoms with Crippen molar-refractivity contribution in [2.24, 2.45) is 0 Å². The Labute approximate surface area is 175 Å². The van der Waals surface area contributed by atoms with Crippen molar-refractivity contribution in [2.75, 3.05) is 33.3 Å². The van der Waals surface area contributed by atoms with E-state index in [9.17, 15) is 13.2 Å². The molecule has 0 unspecified atom stereocenters. The molecule has 1 aliphatic rings. The Bertz CT molecular complexity index is 1130. The zero-order valence-electron chi connectivity index (χ0n) is 15.0. The van der Waals surface area contributed by atoms with Crippen molar-refractivity contribution >= 4 is 54.1 Å². The Morgan fingerprint density at radius 2 is 1.89 bits per heavy atom. The number of aromatic amines is 1. The predicted molar refractivity (Wildman–Crippen MR) is 112 cm³/mol. The topological polar surface area (TPSA) is 82.7 Å². The minimum absolute atomic E-state index is 0.133. The SMILES string of the molecule is COc1ccc2cc(C(=O)N3CCN(S(=O)(=O)c4ccc(Br)s4)CC3)[nH]c2c1. The van der Waals surface area contributed by atoms with Gasteiger partial charge in [-0.25, -0.2) is 8.42 Å². The second kappa shape index (κ2) is 7.51. The van der Waals surface area contributed by atoms with Gasteiger partial charge in [0.05, 0.1) is 10.9 Å². The van der Waals surface area contributed by atoms with Gasteiger partial charge >= 0.3 is 0 Å². The number of carbonyl (C=O) groups is 1. The van der Waals surface area contributed by atoms with Crippen molar-refractivity contribution < 1.29 is 17.9 Å². The normalized spacial score (nSPS) is 15.9. The number of piperazine rings is 1. The third kappa shape index (κ3) is 3.57. The Morgan fingerprint density at radius 3 is 2.54 bits per heavy atom. The molecule has 148 valence electrons. The van der Waals surface area contributed by atoms with E-state index in [-0.39, 0.29) is 19.0 Å². The lowest BCUT2D eigenvalue weighted by Gasteiger charge is -2.33. The van der Waals surface area contributed by atoms with Gasteiger partial charge in [-0.15, -0.1) is 11.3 Å². The average molecular weight is 484 g/mol. The highest BCUT2D eigenvalue weighted by Gasteiger charge is 2.31. The van der Waals surface area contributed by atoms with Crippen LogP contribution in [-0.2, 0) is 10.0 Å². The Balaban J connectivity index is 1.47. The summed E-state index contributed by atoms with van der Waals surface area (Å²) in [5.41, 5.74) is 1.31. The maximum Gasteiger partial charge on any atom is 0.270 e. The molecule has 10 heteroatoms. The number of rotatable bonds is 4. The summed E-state index contributed by atoms with van der Waals surface area (Å²) in [5.74, 6) is 0.582. The minimum Gasteiger partial charge on any atom is -0.497 e. The standard InChI is InChI=1S/C18H18BrN3O4S2/c1-26-13-3-2-12-10-15(20-14(12)11-13)18(23)21-6-8-22(9-7-21)28(24,25)17-5-4-16(19)27-17/h2-5,10-11,20H,6-9H2,1H3. The van der Waals surface area contributed by atoms with E-state index < -0.39 is 10.0 Å². The number of ether oxygens (including phenoxy) is 1. The summed E-state index contributed by atoms with van der Waals surface area (Å²) < 4.78 is 33.2. The molecule has 0 aliphatic carbocycles. The van der Waals surface area contributed by atoms with Crippen molar-refractivity contribution in [3.05, 3.63) is 45.9 Å². The van der Waals surface area contributed by atoms with Gasteiger partial charge in [0.15, 0.2) is 0 Å². The van der Waals surface area contributed by atoms with Crippen LogP contribution in [0.15, 0.2) is 44.4 Å². The molecule has 1 saturated heterocycles. The van der Waals surface area contributed by atoms with E-state index in [4.69, 9.17) is 4.74 Å². The van der Waals surface area contributed by atoms with Crippen LogP contribution < -0.4 is 4.74 Å². The molecule has 0 radical (unpaired) electrons. The Hall–Kier alpha value is -1.88. The molecular weight excluding hydrogens is 466 g/mol. The molecule has 1 fully saturated rings. The zero-order valence-corrected chi connectivity index (χ0v) is 18.2. The maximum atomic E-state index is 12.8. The summed E-state index contributed by atoms with van der Waals surface area (Å²) in [7, 11) is -1.93. The van der Waals surface area contributed by atoms with E-state index in [1.807, 2.05) is 24.3 Å². The molecule has 0 saturated carbocycles. The molecule has 7 nitrogen and oxygen atoms in total. The van der Waals surface area contributed by atoms with Gasteiger partial charge in [-0.3, -0.25) is 4.79 Å². The summed E-state index contributed by atoms with van der Waals surface area (Å²) in [6.45, 7) is 1.25. The molecule has 3 aromatic rings. The third-order valence-electron chi connectivity index (χ3n) is 4.73. The molecule has 1 amide bonds. The van der Waals surface area contributed by atoms with Crippen molar-refractivity contribution in [1.29, 1.82) is 0 Å². The Kier molecular flexibility index (Phi) is 5.21. The van der Waals surface area contributed by atoms with E-state index in [1.165, 1.54) is 15.6 Å². The van der Waals surface area contributed by atoms with Crippen LogP contribution in [0.25, 0.3) is 10.9 Å². The van der Waals surface area contributed by atoms with E-state index in [2.05, 4.69) is 20.9 Å². The first kappa shape index (κ1) is 19.4. The lowest BCUT2D eigenvalue weighted by Crippen LogP contribution is -2.50. The fourth-order valence-corrected chi connectivity index (χ4v) is 6.80. The highest BCUT2D eigenvalue weighted by atomic mass is 79.9. The molecule has 0 atom stereocenters. The van der Waals surface area contributed by atoms with E-state index in [0.717, 1.165) is 14.7 Å². The lowest BCUT2D eigenvalue weighted by atomic mass is 10.2. The van der Waals surface area contributed by atoms with Gasteiger partial charge in [-0.05, 0) is 46.3 Å². The van der Waals surface area contributed by atoms with Crippen LogP contribution in [0.5, 0.6) is 5.75 Å². The smallest absolute Gasteiger partial charge is 0.270 e. The summed E-state index contributed by atoms with van der Waals surface area (Å²) in [5, 5.41) is 0.925. The monoisotopic (exact) mass is 483 g/mol. The number of fused-ring (bicyclic) bond motifs is 1. The summed E-state index contributed by atoms with van der Waals surface area (Å²) in [4.78, 5) is 17.7. The van der Waals surface area contributed by atoms with Crippen molar-refractivity contribution in [2.45, 2.75) is 4.21 Å². The van der Waals surface area contributed by atoms with Crippen LogP contribution in [-0.4, -0.2) is 61.8 Å². The van der Waals surface area contributed by atoms with Crippen LogP contribution in [0.4, 0.5) is 0 Å². The van der Waals surface area contributed by atoms with Crippen LogP contribution >= 0.6 is 27.3 Å². The van der Waals surface area contributed by atoms with Gasteiger partial charge in [-0.2, -0.15) is 4.31 Å². The van der Waals surface area contributed by atoms with E-state index in [0.29, 0.717) is 28.7 Å². The minimum atomic E-state index is -3.52. The van der Waals surface area contributed by atoms with E-state index >= 15 is 0 Å². The van der Waals surface area contributed by atoms with Gasteiger partial charge < -0.3 is 14.6 Å². The first-order chi connectivity index (χ1) is 13.4. The molecule has 0 bridgehead atoms. The van der Waals surface area contributed by atoms with Crippen molar-refractivity contribution in [3.63, 3.8) is 0 Å². The number of sulfonamides is 1. The number of thiophene rings is 1. The molecule has 1 aliphatic heterocycles. The molecule has 2 aromatic heterocycles. The second-order valence-electron chi connectivity index (χ2n) is 6.39. The van der Waals surface area contributed by atoms with Crippen LogP contribution in [0.3, 0.4) is 0 Å². The first-order valence-electron chi connectivity index (χ1n) is 8.60. The van der Waals surface area contributed by atoms with E-state index in [1.54, 1.807) is 24.1 Å². The lowest BCUT2D eigenvalue weighted by molar-refractivity contribution is 0.0693.